The SMILES string of the molecule is Cc1oc2nc1C(=O)N[C@H](C)C(=O)NCCCC[C@H](NC(=O)c1csc(Cc3ccccc3)n1)C(=O)N[C@H]2C(C)C. The van der Waals surface area contributed by atoms with Crippen LogP contribution in [0.25, 0.3) is 0 Å². The lowest BCUT2D eigenvalue weighted by molar-refractivity contribution is -0.124. The molecule has 4 N–H and O–H groups in total. The number of hydrogen-bond donors (Lipinski definition) is 4. The van der Waals surface area contributed by atoms with E-state index in [9.17, 15) is 19.2 Å². The van der Waals surface area contributed by atoms with Gasteiger partial charge in [-0.15, -0.1) is 11.3 Å². The van der Waals surface area contributed by atoms with Gasteiger partial charge in [-0.3, -0.25) is 19.2 Å². The summed E-state index contributed by atoms with van der Waals surface area (Å²) in [5.74, 6) is -1.39. The van der Waals surface area contributed by atoms with Crippen molar-refractivity contribution in [1.29, 1.82) is 0 Å². The molecule has 3 heterocycles. The lowest BCUT2D eigenvalue weighted by Gasteiger charge is -2.24. The largest absolute Gasteiger partial charge is 0.443 e. The van der Waals surface area contributed by atoms with Crippen molar-refractivity contribution < 1.29 is 23.6 Å². The summed E-state index contributed by atoms with van der Waals surface area (Å²) >= 11 is 1.39. The Morgan fingerprint density at radius 1 is 1.10 bits per heavy atom. The van der Waals surface area contributed by atoms with E-state index in [-0.39, 0.29) is 34.9 Å². The van der Waals surface area contributed by atoms with Crippen molar-refractivity contribution >= 4 is 35.0 Å². The maximum Gasteiger partial charge on any atom is 0.274 e. The molecule has 0 fully saturated rings. The van der Waals surface area contributed by atoms with Gasteiger partial charge >= 0.3 is 0 Å². The van der Waals surface area contributed by atoms with Gasteiger partial charge in [0.05, 0.1) is 5.01 Å². The zero-order chi connectivity index (χ0) is 29.5. The molecular formula is C29H36N6O5S. The molecule has 1 aliphatic heterocycles. The van der Waals surface area contributed by atoms with E-state index in [0.29, 0.717) is 32.2 Å². The normalized spacial score (nSPS) is 20.7. The van der Waals surface area contributed by atoms with Crippen LogP contribution in [0.4, 0.5) is 0 Å². The summed E-state index contributed by atoms with van der Waals surface area (Å²) in [6.45, 7) is 7.35. The summed E-state index contributed by atoms with van der Waals surface area (Å²) in [6.07, 6.45) is 2.10. The number of carbonyl (C=O) groups is 4. The van der Waals surface area contributed by atoms with Gasteiger partial charge in [-0.2, -0.15) is 0 Å². The van der Waals surface area contributed by atoms with E-state index in [2.05, 4.69) is 31.2 Å². The average molecular weight is 581 g/mol. The number of nitrogens with zero attached hydrogens (tertiary/aromatic N) is 2. The Morgan fingerprint density at radius 3 is 2.59 bits per heavy atom. The highest BCUT2D eigenvalue weighted by molar-refractivity contribution is 7.09. The Bertz CT molecular complexity index is 1390. The third kappa shape index (κ3) is 7.78. The minimum absolute atomic E-state index is 0.0475. The van der Waals surface area contributed by atoms with Crippen LogP contribution in [0, 0.1) is 12.8 Å². The molecule has 11 nitrogen and oxygen atoms in total. The van der Waals surface area contributed by atoms with E-state index in [1.807, 2.05) is 44.2 Å². The number of benzene rings is 1. The molecule has 3 aromatic rings. The minimum atomic E-state index is -0.857. The van der Waals surface area contributed by atoms with Gasteiger partial charge < -0.3 is 25.7 Å². The van der Waals surface area contributed by atoms with Crippen LogP contribution in [0.1, 0.15) is 89.3 Å². The van der Waals surface area contributed by atoms with Crippen molar-refractivity contribution in [1.82, 2.24) is 31.2 Å². The quantitative estimate of drug-likeness (QED) is 0.361. The van der Waals surface area contributed by atoms with E-state index >= 15 is 0 Å². The van der Waals surface area contributed by atoms with E-state index in [1.165, 1.54) is 11.3 Å². The highest BCUT2D eigenvalue weighted by Crippen LogP contribution is 2.24. The summed E-state index contributed by atoms with van der Waals surface area (Å²) < 4.78 is 5.80. The number of fused-ring (bicyclic) bond motifs is 2. The fraction of sp³-hybridized carbons (Fsp3) is 0.448. The van der Waals surface area contributed by atoms with Crippen molar-refractivity contribution in [2.75, 3.05) is 6.54 Å². The molecule has 2 aromatic heterocycles. The monoisotopic (exact) mass is 580 g/mol. The van der Waals surface area contributed by atoms with Crippen LogP contribution in [0.2, 0.25) is 0 Å². The topological polar surface area (TPSA) is 155 Å². The number of oxazole rings is 1. The molecule has 4 rings (SSSR count). The van der Waals surface area contributed by atoms with Crippen LogP contribution in [-0.4, -0.2) is 52.2 Å². The molecular weight excluding hydrogens is 544 g/mol. The summed E-state index contributed by atoms with van der Waals surface area (Å²) in [7, 11) is 0. The van der Waals surface area contributed by atoms with Crippen LogP contribution in [0.3, 0.4) is 0 Å². The van der Waals surface area contributed by atoms with Gasteiger partial charge in [0.15, 0.2) is 5.69 Å². The predicted molar refractivity (Wildman–Crippen MR) is 153 cm³/mol. The molecule has 1 aromatic carbocycles. The number of hydrogen-bond acceptors (Lipinski definition) is 8. The third-order valence-electron chi connectivity index (χ3n) is 6.82. The Hall–Kier alpha value is -4.06. The Labute approximate surface area is 242 Å². The second kappa shape index (κ2) is 13.5. The number of rotatable bonds is 5. The Kier molecular flexibility index (Phi) is 9.87. The first kappa shape index (κ1) is 29.9. The van der Waals surface area contributed by atoms with Gasteiger partial charge in [-0.05, 0) is 44.6 Å². The summed E-state index contributed by atoms with van der Waals surface area (Å²) in [5, 5.41) is 13.7. The van der Waals surface area contributed by atoms with Gasteiger partial charge in [-0.25, -0.2) is 9.97 Å². The van der Waals surface area contributed by atoms with Gasteiger partial charge in [0.1, 0.15) is 29.6 Å². The molecule has 218 valence electrons. The molecule has 41 heavy (non-hydrogen) atoms. The van der Waals surface area contributed by atoms with Crippen molar-refractivity contribution in [3.63, 3.8) is 0 Å². The van der Waals surface area contributed by atoms with Crippen LogP contribution < -0.4 is 21.3 Å². The summed E-state index contributed by atoms with van der Waals surface area (Å²) in [6, 6.07) is 7.59. The number of nitrogens with one attached hydrogen (secondary N) is 4. The minimum Gasteiger partial charge on any atom is -0.443 e. The van der Waals surface area contributed by atoms with Crippen LogP contribution in [-0.2, 0) is 16.0 Å². The molecule has 0 spiro atoms. The van der Waals surface area contributed by atoms with Crippen molar-refractivity contribution in [3.8, 4) is 0 Å². The maximum atomic E-state index is 13.5. The van der Waals surface area contributed by atoms with E-state index in [1.54, 1.807) is 19.2 Å². The Morgan fingerprint density at radius 2 is 1.85 bits per heavy atom. The lowest BCUT2D eigenvalue weighted by atomic mass is 10.0. The highest BCUT2D eigenvalue weighted by Gasteiger charge is 2.31. The van der Waals surface area contributed by atoms with E-state index in [0.717, 1.165) is 10.6 Å². The average Bonchev–Trinajstić information content (AvgIpc) is 3.57. The molecule has 0 aliphatic carbocycles. The van der Waals surface area contributed by atoms with Crippen molar-refractivity contribution in [2.24, 2.45) is 5.92 Å². The molecule has 0 saturated carbocycles. The number of carbonyl (C=O) groups excluding carboxylic acids is 4. The number of thiazole rings is 1. The standard InChI is InChI=1S/C29H36N6O5S/c1-16(2)23-29-35-24(18(4)40-29)28(39)31-17(3)25(36)30-13-9-8-12-20(26(37)34-23)33-27(38)21-15-41-22(32-21)14-19-10-6-5-7-11-19/h5-7,10-11,15-17,20,23H,8-9,12-14H2,1-4H3,(H,30,36)(H,31,39)(H,33,38)(H,34,37)/t17-,20+,23+/m1/s1. The van der Waals surface area contributed by atoms with Gasteiger partial charge in [0, 0.05) is 18.3 Å². The molecule has 2 bridgehead atoms. The first-order valence-electron chi connectivity index (χ1n) is 13.8. The third-order valence-corrected chi connectivity index (χ3v) is 7.67. The number of aryl methyl sites for hydroxylation is 1. The molecule has 0 radical (unpaired) electrons. The summed E-state index contributed by atoms with van der Waals surface area (Å²) in [4.78, 5) is 60.9. The first-order valence-corrected chi connectivity index (χ1v) is 14.7. The first-order chi connectivity index (χ1) is 19.6. The molecule has 12 heteroatoms. The zero-order valence-corrected chi connectivity index (χ0v) is 24.5. The van der Waals surface area contributed by atoms with Gasteiger partial charge in [0.25, 0.3) is 11.8 Å². The second-order valence-corrected chi connectivity index (χ2v) is 11.4. The molecule has 0 unspecified atom stereocenters. The molecule has 0 saturated heterocycles. The second-order valence-electron chi connectivity index (χ2n) is 10.5. The Balaban J connectivity index is 1.54. The van der Waals surface area contributed by atoms with Gasteiger partial charge in [0.2, 0.25) is 17.7 Å². The fourth-order valence-corrected chi connectivity index (χ4v) is 5.27. The lowest BCUT2D eigenvalue weighted by Crippen LogP contribution is -2.48. The van der Waals surface area contributed by atoms with E-state index < -0.39 is 35.8 Å². The van der Waals surface area contributed by atoms with Crippen molar-refractivity contribution in [3.05, 3.63) is 69.3 Å². The van der Waals surface area contributed by atoms with Gasteiger partial charge in [-0.1, -0.05) is 44.2 Å². The predicted octanol–water partition coefficient (Wildman–Crippen LogP) is 3.06. The number of aromatic nitrogens is 2. The van der Waals surface area contributed by atoms with Crippen LogP contribution in [0.5, 0.6) is 0 Å². The number of amides is 4. The maximum absolute atomic E-state index is 13.5. The van der Waals surface area contributed by atoms with Crippen molar-refractivity contribution in [2.45, 2.75) is 71.5 Å². The zero-order valence-electron chi connectivity index (χ0n) is 23.7. The highest BCUT2D eigenvalue weighted by atomic mass is 32.1. The smallest absolute Gasteiger partial charge is 0.274 e. The molecule has 1 aliphatic rings. The fourth-order valence-electron chi connectivity index (χ4n) is 4.46. The van der Waals surface area contributed by atoms with E-state index in [4.69, 9.17) is 4.42 Å². The van der Waals surface area contributed by atoms with Crippen LogP contribution in [0.15, 0.2) is 40.1 Å². The van der Waals surface area contributed by atoms with Crippen LogP contribution >= 0.6 is 11.3 Å². The molecule has 3 atom stereocenters. The molecule has 4 amide bonds. The summed E-state index contributed by atoms with van der Waals surface area (Å²) in [5.41, 5.74) is 1.39.